The SMILES string of the molecule is O=C1NC(=O)[C@@H](C(=O)OCCO)C(c2ccc(F)cc2)[C@H]1C(=O)OCCO. The highest BCUT2D eigenvalue weighted by Gasteiger charge is 2.52. The summed E-state index contributed by atoms with van der Waals surface area (Å²) in [4.78, 5) is 49.2. The summed E-state index contributed by atoms with van der Waals surface area (Å²) in [6.07, 6.45) is 0. The molecule has 0 radical (unpaired) electrons. The average molecular weight is 383 g/mol. The van der Waals surface area contributed by atoms with Crippen LogP contribution in [0.2, 0.25) is 0 Å². The standard InChI is InChI=1S/C17H18FNO8/c18-10-3-1-9(2-4-10)11-12(16(24)26-7-5-20)14(22)19-15(23)13(11)17(25)27-8-6-21/h1-4,11-13,20-21H,5-8H2,(H,19,22,23)/t11?,12-,13+. The highest BCUT2D eigenvalue weighted by Crippen LogP contribution is 2.37. The van der Waals surface area contributed by atoms with Gasteiger partial charge in [-0.2, -0.15) is 0 Å². The van der Waals surface area contributed by atoms with Crippen molar-refractivity contribution >= 4 is 23.8 Å². The Balaban J connectivity index is 2.47. The van der Waals surface area contributed by atoms with E-state index in [1.54, 1.807) is 0 Å². The Morgan fingerprint density at radius 3 is 1.78 bits per heavy atom. The Hall–Kier alpha value is -2.85. The van der Waals surface area contributed by atoms with Crippen molar-refractivity contribution in [2.75, 3.05) is 26.4 Å². The van der Waals surface area contributed by atoms with Crippen LogP contribution < -0.4 is 5.32 Å². The number of piperidine rings is 1. The number of halogens is 1. The van der Waals surface area contributed by atoms with Crippen LogP contribution in [0.15, 0.2) is 24.3 Å². The van der Waals surface area contributed by atoms with Crippen LogP contribution in [0, 0.1) is 17.7 Å². The van der Waals surface area contributed by atoms with Crippen molar-refractivity contribution in [3.63, 3.8) is 0 Å². The summed E-state index contributed by atoms with van der Waals surface area (Å²) in [5, 5.41) is 19.5. The zero-order valence-electron chi connectivity index (χ0n) is 14.1. The van der Waals surface area contributed by atoms with Gasteiger partial charge in [0.25, 0.3) is 0 Å². The fourth-order valence-corrected chi connectivity index (χ4v) is 2.84. The van der Waals surface area contributed by atoms with Crippen LogP contribution in [-0.4, -0.2) is 60.4 Å². The molecule has 146 valence electrons. The predicted octanol–water partition coefficient (Wildman–Crippen LogP) is -1.13. The lowest BCUT2D eigenvalue weighted by Gasteiger charge is -2.34. The van der Waals surface area contributed by atoms with Crippen LogP contribution in [0.4, 0.5) is 4.39 Å². The minimum Gasteiger partial charge on any atom is -0.463 e. The summed E-state index contributed by atoms with van der Waals surface area (Å²) < 4.78 is 22.9. The zero-order valence-corrected chi connectivity index (χ0v) is 14.1. The van der Waals surface area contributed by atoms with Gasteiger partial charge in [-0.1, -0.05) is 12.1 Å². The maximum absolute atomic E-state index is 13.3. The molecule has 1 unspecified atom stereocenters. The van der Waals surface area contributed by atoms with E-state index < -0.39 is 60.5 Å². The normalized spacial score (nSPS) is 22.1. The van der Waals surface area contributed by atoms with Gasteiger partial charge in [0.2, 0.25) is 11.8 Å². The molecule has 10 heteroatoms. The third-order valence-corrected chi connectivity index (χ3v) is 3.96. The minimum atomic E-state index is -1.59. The second kappa shape index (κ2) is 9.19. The van der Waals surface area contributed by atoms with E-state index in [1.807, 2.05) is 5.32 Å². The number of carbonyl (C=O) groups is 4. The Kier molecular flexibility index (Phi) is 6.97. The average Bonchev–Trinajstić information content (AvgIpc) is 2.64. The van der Waals surface area contributed by atoms with Crippen molar-refractivity contribution < 1.29 is 43.3 Å². The number of amides is 2. The maximum atomic E-state index is 13.3. The molecule has 1 aromatic rings. The van der Waals surface area contributed by atoms with Gasteiger partial charge in [-0.05, 0) is 17.7 Å². The number of aliphatic hydroxyl groups is 2. The first kappa shape index (κ1) is 20.5. The number of aliphatic hydroxyl groups excluding tert-OH is 2. The molecular weight excluding hydrogens is 365 g/mol. The lowest BCUT2D eigenvalue weighted by Crippen LogP contribution is -2.56. The molecule has 27 heavy (non-hydrogen) atoms. The minimum absolute atomic E-state index is 0.177. The number of hydrogen-bond donors (Lipinski definition) is 3. The molecule has 1 aliphatic rings. The number of benzene rings is 1. The number of ether oxygens (including phenoxy) is 2. The topological polar surface area (TPSA) is 139 Å². The molecule has 3 N–H and O–H groups in total. The van der Waals surface area contributed by atoms with Gasteiger partial charge in [0.1, 0.15) is 30.9 Å². The van der Waals surface area contributed by atoms with Gasteiger partial charge in [-0.3, -0.25) is 24.5 Å². The number of esters is 2. The van der Waals surface area contributed by atoms with Gasteiger partial charge in [0.15, 0.2) is 0 Å². The lowest BCUT2D eigenvalue weighted by atomic mass is 9.73. The number of hydrogen-bond acceptors (Lipinski definition) is 8. The van der Waals surface area contributed by atoms with Gasteiger partial charge >= 0.3 is 11.9 Å². The number of rotatable bonds is 7. The molecule has 0 spiro atoms. The summed E-state index contributed by atoms with van der Waals surface area (Å²) in [5.41, 5.74) is 0.177. The summed E-state index contributed by atoms with van der Waals surface area (Å²) >= 11 is 0. The highest BCUT2D eigenvalue weighted by atomic mass is 19.1. The van der Waals surface area contributed by atoms with Crippen molar-refractivity contribution in [3.8, 4) is 0 Å². The summed E-state index contributed by atoms with van der Waals surface area (Å²) in [6.45, 7) is -1.73. The van der Waals surface area contributed by atoms with Gasteiger partial charge in [-0.25, -0.2) is 4.39 Å². The number of imide groups is 1. The molecule has 1 heterocycles. The van der Waals surface area contributed by atoms with Crippen molar-refractivity contribution in [2.45, 2.75) is 5.92 Å². The molecule has 9 nitrogen and oxygen atoms in total. The molecule has 0 aromatic heterocycles. The van der Waals surface area contributed by atoms with Crippen LogP contribution in [0.5, 0.6) is 0 Å². The summed E-state index contributed by atoms with van der Waals surface area (Å²) in [5.74, 6) is -9.15. The molecule has 0 aliphatic carbocycles. The first-order valence-corrected chi connectivity index (χ1v) is 8.05. The predicted molar refractivity (Wildman–Crippen MR) is 85.4 cm³/mol. The molecule has 2 amide bonds. The lowest BCUT2D eigenvalue weighted by molar-refractivity contribution is -0.164. The highest BCUT2D eigenvalue weighted by molar-refractivity contribution is 6.14. The van der Waals surface area contributed by atoms with Crippen LogP contribution in [0.1, 0.15) is 11.5 Å². The first-order chi connectivity index (χ1) is 12.9. The second-order valence-corrected chi connectivity index (χ2v) is 5.67. The van der Waals surface area contributed by atoms with Crippen LogP contribution >= 0.6 is 0 Å². The van der Waals surface area contributed by atoms with Crippen LogP contribution in [0.3, 0.4) is 0 Å². The van der Waals surface area contributed by atoms with E-state index in [4.69, 9.17) is 19.7 Å². The van der Waals surface area contributed by atoms with E-state index in [-0.39, 0.29) is 18.8 Å². The summed E-state index contributed by atoms with van der Waals surface area (Å²) in [6, 6.07) is 4.59. The summed E-state index contributed by atoms with van der Waals surface area (Å²) in [7, 11) is 0. The van der Waals surface area contributed by atoms with Gasteiger partial charge in [0.05, 0.1) is 13.2 Å². The van der Waals surface area contributed by atoms with Crippen molar-refractivity contribution in [3.05, 3.63) is 35.6 Å². The van der Waals surface area contributed by atoms with E-state index in [0.29, 0.717) is 0 Å². The molecule has 3 atom stereocenters. The van der Waals surface area contributed by atoms with E-state index >= 15 is 0 Å². The van der Waals surface area contributed by atoms with Crippen molar-refractivity contribution in [1.82, 2.24) is 5.32 Å². The molecule has 1 fully saturated rings. The fourth-order valence-electron chi connectivity index (χ4n) is 2.84. The Morgan fingerprint density at radius 2 is 1.37 bits per heavy atom. The van der Waals surface area contributed by atoms with Gasteiger partial charge in [0, 0.05) is 5.92 Å². The maximum Gasteiger partial charge on any atom is 0.319 e. The van der Waals surface area contributed by atoms with Gasteiger partial charge in [-0.15, -0.1) is 0 Å². The smallest absolute Gasteiger partial charge is 0.319 e. The van der Waals surface area contributed by atoms with Crippen LogP contribution in [0.25, 0.3) is 0 Å². The van der Waals surface area contributed by atoms with Crippen LogP contribution in [-0.2, 0) is 28.7 Å². The second-order valence-electron chi connectivity index (χ2n) is 5.67. The number of carbonyl (C=O) groups excluding carboxylic acids is 4. The van der Waals surface area contributed by atoms with Gasteiger partial charge < -0.3 is 19.7 Å². The zero-order chi connectivity index (χ0) is 20.0. The molecule has 1 aromatic carbocycles. The van der Waals surface area contributed by atoms with Crippen molar-refractivity contribution in [1.29, 1.82) is 0 Å². The van der Waals surface area contributed by atoms with E-state index in [9.17, 15) is 23.6 Å². The van der Waals surface area contributed by atoms with E-state index in [0.717, 1.165) is 12.1 Å². The molecule has 1 saturated heterocycles. The molecule has 0 saturated carbocycles. The third-order valence-electron chi connectivity index (χ3n) is 3.96. The van der Waals surface area contributed by atoms with E-state index in [2.05, 4.69) is 0 Å². The fraction of sp³-hybridized carbons (Fsp3) is 0.412. The van der Waals surface area contributed by atoms with Crippen molar-refractivity contribution in [2.24, 2.45) is 11.8 Å². The molecule has 0 bridgehead atoms. The molecular formula is C17H18FNO8. The van der Waals surface area contributed by atoms with E-state index in [1.165, 1.54) is 12.1 Å². The first-order valence-electron chi connectivity index (χ1n) is 8.05. The quantitative estimate of drug-likeness (QED) is 0.305. The number of nitrogens with one attached hydrogen (secondary N) is 1. The molecule has 1 aliphatic heterocycles. The largest absolute Gasteiger partial charge is 0.463 e. The Bertz CT molecular complexity index is 682. The molecule has 2 rings (SSSR count). The Morgan fingerprint density at radius 1 is 0.926 bits per heavy atom. The monoisotopic (exact) mass is 383 g/mol. The Labute approximate surface area is 153 Å². The third kappa shape index (κ3) is 4.66.